The van der Waals surface area contributed by atoms with E-state index in [0.29, 0.717) is 19.5 Å². The first-order valence-corrected chi connectivity index (χ1v) is 6.38. The van der Waals surface area contributed by atoms with Crippen molar-refractivity contribution in [3.63, 3.8) is 0 Å². The summed E-state index contributed by atoms with van der Waals surface area (Å²) in [7, 11) is 0. The topological polar surface area (TPSA) is 45.2 Å². The standard InChI is InChI=1S/C15H15N3O/c19-15-8-10-17-13-6-1-2-7-14(13)18(15)11-12-5-3-4-9-16-12/h1-7,9,17H,8,10-11H2. The van der Waals surface area contributed by atoms with Gasteiger partial charge < -0.3 is 10.2 Å². The second-order valence-corrected chi connectivity index (χ2v) is 4.49. The van der Waals surface area contributed by atoms with Gasteiger partial charge in [-0.05, 0) is 24.3 Å². The number of pyridine rings is 1. The Bertz CT molecular complexity index is 583. The molecule has 0 aliphatic carbocycles. The van der Waals surface area contributed by atoms with Gasteiger partial charge in [-0.25, -0.2) is 0 Å². The van der Waals surface area contributed by atoms with Gasteiger partial charge in [0.15, 0.2) is 0 Å². The molecule has 3 rings (SSSR count). The average Bonchev–Trinajstić information content (AvgIpc) is 2.61. The Morgan fingerprint density at radius 1 is 1.16 bits per heavy atom. The summed E-state index contributed by atoms with van der Waals surface area (Å²) < 4.78 is 0. The van der Waals surface area contributed by atoms with Crippen molar-refractivity contribution in [2.24, 2.45) is 0 Å². The number of nitrogens with zero attached hydrogens (tertiary/aromatic N) is 2. The van der Waals surface area contributed by atoms with Crippen LogP contribution in [-0.2, 0) is 11.3 Å². The fourth-order valence-electron chi connectivity index (χ4n) is 2.26. The lowest BCUT2D eigenvalue weighted by Crippen LogP contribution is -2.30. The highest BCUT2D eigenvalue weighted by Crippen LogP contribution is 2.29. The number of amides is 1. The molecule has 1 aliphatic heterocycles. The summed E-state index contributed by atoms with van der Waals surface area (Å²) in [4.78, 5) is 18.3. The number of hydrogen-bond acceptors (Lipinski definition) is 3. The number of hydrogen-bond donors (Lipinski definition) is 1. The van der Waals surface area contributed by atoms with E-state index in [1.165, 1.54) is 0 Å². The van der Waals surface area contributed by atoms with E-state index in [0.717, 1.165) is 17.1 Å². The highest BCUT2D eigenvalue weighted by Gasteiger charge is 2.21. The number of benzene rings is 1. The minimum atomic E-state index is 0.128. The van der Waals surface area contributed by atoms with E-state index in [2.05, 4.69) is 10.3 Å². The molecule has 96 valence electrons. The molecule has 4 heteroatoms. The molecule has 4 nitrogen and oxygen atoms in total. The van der Waals surface area contributed by atoms with Gasteiger partial charge in [-0.15, -0.1) is 0 Å². The number of carbonyl (C=O) groups is 1. The largest absolute Gasteiger partial charge is 0.383 e. The van der Waals surface area contributed by atoms with Gasteiger partial charge >= 0.3 is 0 Å². The van der Waals surface area contributed by atoms with Gasteiger partial charge in [-0.2, -0.15) is 0 Å². The van der Waals surface area contributed by atoms with Crippen molar-refractivity contribution < 1.29 is 4.79 Å². The lowest BCUT2D eigenvalue weighted by atomic mass is 10.2. The Hall–Kier alpha value is -2.36. The summed E-state index contributed by atoms with van der Waals surface area (Å²) in [5.41, 5.74) is 2.83. The molecular weight excluding hydrogens is 238 g/mol. The van der Waals surface area contributed by atoms with Crippen LogP contribution < -0.4 is 10.2 Å². The predicted molar refractivity (Wildman–Crippen MR) is 75.0 cm³/mol. The van der Waals surface area contributed by atoms with Crippen molar-refractivity contribution in [1.82, 2.24) is 4.98 Å². The molecule has 2 heterocycles. The van der Waals surface area contributed by atoms with Crippen molar-refractivity contribution in [2.75, 3.05) is 16.8 Å². The smallest absolute Gasteiger partial charge is 0.229 e. The van der Waals surface area contributed by atoms with Crippen LogP contribution in [0.2, 0.25) is 0 Å². The third kappa shape index (κ3) is 2.42. The zero-order valence-corrected chi connectivity index (χ0v) is 10.5. The number of aromatic nitrogens is 1. The summed E-state index contributed by atoms with van der Waals surface area (Å²) in [6, 6.07) is 13.6. The maximum Gasteiger partial charge on any atom is 0.229 e. The first-order valence-electron chi connectivity index (χ1n) is 6.38. The van der Waals surface area contributed by atoms with Crippen molar-refractivity contribution in [2.45, 2.75) is 13.0 Å². The molecule has 1 aromatic heterocycles. The molecule has 0 unspecified atom stereocenters. The summed E-state index contributed by atoms with van der Waals surface area (Å²) in [6.45, 7) is 1.19. The van der Waals surface area contributed by atoms with Crippen LogP contribution in [-0.4, -0.2) is 17.4 Å². The molecule has 2 aromatic rings. The first-order chi connectivity index (χ1) is 9.34. The number of para-hydroxylation sites is 2. The zero-order chi connectivity index (χ0) is 13.1. The summed E-state index contributed by atoms with van der Waals surface area (Å²) >= 11 is 0. The van der Waals surface area contributed by atoms with E-state index in [9.17, 15) is 4.79 Å². The van der Waals surface area contributed by atoms with Crippen LogP contribution in [0.1, 0.15) is 12.1 Å². The Morgan fingerprint density at radius 2 is 2.00 bits per heavy atom. The van der Waals surface area contributed by atoms with E-state index in [4.69, 9.17) is 0 Å². The molecule has 0 saturated heterocycles. The van der Waals surface area contributed by atoms with Crippen LogP contribution in [0.4, 0.5) is 11.4 Å². The van der Waals surface area contributed by atoms with Gasteiger partial charge in [-0.3, -0.25) is 9.78 Å². The van der Waals surface area contributed by atoms with Crippen LogP contribution >= 0.6 is 0 Å². The highest BCUT2D eigenvalue weighted by molar-refractivity contribution is 5.98. The van der Waals surface area contributed by atoms with Crippen molar-refractivity contribution >= 4 is 17.3 Å². The molecule has 1 N–H and O–H groups in total. The fourth-order valence-corrected chi connectivity index (χ4v) is 2.26. The van der Waals surface area contributed by atoms with Crippen LogP contribution in [0.5, 0.6) is 0 Å². The van der Waals surface area contributed by atoms with E-state index in [1.54, 1.807) is 11.1 Å². The maximum atomic E-state index is 12.2. The highest BCUT2D eigenvalue weighted by atomic mass is 16.2. The summed E-state index contributed by atoms with van der Waals surface area (Å²) in [6.07, 6.45) is 2.25. The van der Waals surface area contributed by atoms with Gasteiger partial charge in [0, 0.05) is 19.2 Å². The average molecular weight is 253 g/mol. The molecule has 0 bridgehead atoms. The first kappa shape index (κ1) is 11.7. The lowest BCUT2D eigenvalue weighted by Gasteiger charge is -2.22. The number of rotatable bonds is 2. The minimum Gasteiger partial charge on any atom is -0.383 e. The molecule has 0 saturated carbocycles. The maximum absolute atomic E-state index is 12.2. The quantitative estimate of drug-likeness (QED) is 0.894. The van der Waals surface area contributed by atoms with Gasteiger partial charge in [0.2, 0.25) is 5.91 Å². The Morgan fingerprint density at radius 3 is 2.84 bits per heavy atom. The third-order valence-electron chi connectivity index (χ3n) is 3.20. The Kier molecular flexibility index (Phi) is 3.14. The summed E-state index contributed by atoms with van der Waals surface area (Å²) in [5.74, 6) is 0.128. The molecule has 0 atom stereocenters. The molecule has 0 fully saturated rings. The van der Waals surface area contributed by atoms with Crippen molar-refractivity contribution in [3.05, 3.63) is 54.4 Å². The Balaban J connectivity index is 1.96. The minimum absolute atomic E-state index is 0.128. The molecule has 19 heavy (non-hydrogen) atoms. The molecule has 0 spiro atoms. The Labute approximate surface area is 112 Å². The van der Waals surface area contributed by atoms with E-state index in [1.807, 2.05) is 42.5 Å². The van der Waals surface area contributed by atoms with Crippen LogP contribution in [0.25, 0.3) is 0 Å². The molecule has 0 radical (unpaired) electrons. The van der Waals surface area contributed by atoms with E-state index < -0.39 is 0 Å². The molecule has 1 aromatic carbocycles. The number of fused-ring (bicyclic) bond motifs is 1. The van der Waals surface area contributed by atoms with Crippen LogP contribution in [0.3, 0.4) is 0 Å². The molecule has 1 amide bonds. The number of anilines is 2. The zero-order valence-electron chi connectivity index (χ0n) is 10.5. The van der Waals surface area contributed by atoms with Gasteiger partial charge in [0.05, 0.1) is 23.6 Å². The predicted octanol–water partition coefficient (Wildman–Crippen LogP) is 2.43. The second kappa shape index (κ2) is 5.10. The molecular formula is C15H15N3O. The van der Waals surface area contributed by atoms with Crippen LogP contribution in [0, 0.1) is 0 Å². The summed E-state index contributed by atoms with van der Waals surface area (Å²) in [5, 5.41) is 3.29. The number of nitrogens with one attached hydrogen (secondary N) is 1. The van der Waals surface area contributed by atoms with E-state index in [-0.39, 0.29) is 5.91 Å². The van der Waals surface area contributed by atoms with E-state index >= 15 is 0 Å². The number of carbonyl (C=O) groups excluding carboxylic acids is 1. The fraction of sp³-hybridized carbons (Fsp3) is 0.200. The normalized spacial score (nSPS) is 14.5. The monoisotopic (exact) mass is 253 g/mol. The lowest BCUT2D eigenvalue weighted by molar-refractivity contribution is -0.118. The van der Waals surface area contributed by atoms with Gasteiger partial charge in [0.1, 0.15) is 0 Å². The van der Waals surface area contributed by atoms with Gasteiger partial charge in [-0.1, -0.05) is 18.2 Å². The van der Waals surface area contributed by atoms with Crippen molar-refractivity contribution in [1.29, 1.82) is 0 Å². The van der Waals surface area contributed by atoms with Crippen molar-refractivity contribution in [3.8, 4) is 0 Å². The second-order valence-electron chi connectivity index (χ2n) is 4.49. The van der Waals surface area contributed by atoms with Gasteiger partial charge in [0.25, 0.3) is 0 Å². The van der Waals surface area contributed by atoms with Crippen LogP contribution in [0.15, 0.2) is 48.7 Å². The third-order valence-corrected chi connectivity index (χ3v) is 3.20. The molecule has 1 aliphatic rings. The SMILES string of the molecule is O=C1CCNc2ccccc2N1Cc1ccccn1.